The smallest absolute Gasteiger partial charge is 0.416 e. The zero-order valence-electron chi connectivity index (χ0n) is 9.99. The maximum absolute atomic E-state index is 12.1. The first kappa shape index (κ1) is 15.1. The Bertz CT molecular complexity index is 463. The largest absolute Gasteiger partial charge is 0.496 e. The summed E-state index contributed by atoms with van der Waals surface area (Å²) in [5, 5.41) is 10.7. The number of nitrogens with one attached hydrogen (secondary N) is 1. The van der Waals surface area contributed by atoms with Crippen molar-refractivity contribution in [1.29, 1.82) is 0 Å². The predicted molar refractivity (Wildman–Crippen MR) is 61.8 cm³/mol. The number of ether oxygens (including phenoxy) is 1. The second-order valence-corrected chi connectivity index (χ2v) is 3.73. The minimum Gasteiger partial charge on any atom is -0.496 e. The van der Waals surface area contributed by atoms with Crippen LogP contribution in [0.5, 0.6) is 5.75 Å². The van der Waals surface area contributed by atoms with E-state index >= 15 is 0 Å². The lowest BCUT2D eigenvalue weighted by atomic mass is 10.1. The monoisotopic (exact) mass is 278 g/mol. The number of nitrogens with two attached hydrogens (primary N) is 1. The number of aliphatic hydroxyl groups is 1. The van der Waals surface area contributed by atoms with E-state index in [9.17, 15) is 18.0 Å². The quantitative estimate of drug-likeness (QED) is 0.715. The summed E-state index contributed by atoms with van der Waals surface area (Å²) >= 11 is 0. The average Bonchev–Trinajstić information content (AvgIpc) is 2.33. The highest BCUT2D eigenvalue weighted by molar-refractivity contribution is 5.97. The number of hydrogen-bond acceptors (Lipinski definition) is 4. The van der Waals surface area contributed by atoms with Gasteiger partial charge in [0, 0.05) is 11.8 Å². The molecule has 1 rings (SSSR count). The second kappa shape index (κ2) is 5.79. The molecule has 1 unspecified atom stereocenters. The molecule has 0 fully saturated rings. The molecule has 0 heterocycles. The van der Waals surface area contributed by atoms with E-state index in [1.54, 1.807) is 0 Å². The fourth-order valence-electron chi connectivity index (χ4n) is 1.30. The van der Waals surface area contributed by atoms with E-state index in [0.29, 0.717) is 5.69 Å². The average molecular weight is 278 g/mol. The molecule has 0 saturated carbocycles. The molecule has 0 saturated heterocycles. The van der Waals surface area contributed by atoms with E-state index in [1.165, 1.54) is 25.3 Å². The van der Waals surface area contributed by atoms with Crippen molar-refractivity contribution in [2.75, 3.05) is 19.4 Å². The number of anilines is 1. The lowest BCUT2D eigenvalue weighted by Crippen LogP contribution is -2.40. The highest BCUT2D eigenvalue weighted by atomic mass is 19.4. The summed E-state index contributed by atoms with van der Waals surface area (Å²) in [6.45, 7) is -0.935. The Balaban J connectivity index is 2.74. The van der Waals surface area contributed by atoms with Crippen LogP contribution in [0.25, 0.3) is 0 Å². The fraction of sp³-hybridized carbons (Fsp3) is 0.364. The van der Waals surface area contributed by atoms with Crippen LogP contribution in [0.4, 0.5) is 18.9 Å². The van der Waals surface area contributed by atoms with E-state index in [0.717, 1.165) is 0 Å². The molecule has 106 valence electrons. The summed E-state index contributed by atoms with van der Waals surface area (Å²) in [6.07, 6.45) is -7.39. The van der Waals surface area contributed by atoms with Gasteiger partial charge < -0.3 is 20.9 Å². The molecule has 1 aromatic carbocycles. The van der Waals surface area contributed by atoms with Gasteiger partial charge in [-0.15, -0.1) is 0 Å². The Hall–Kier alpha value is -1.96. The minimum absolute atomic E-state index is 0.0334. The van der Waals surface area contributed by atoms with Crippen LogP contribution in [-0.2, 0) is 0 Å². The van der Waals surface area contributed by atoms with E-state index in [4.69, 9.17) is 15.6 Å². The molecule has 19 heavy (non-hydrogen) atoms. The van der Waals surface area contributed by atoms with Gasteiger partial charge >= 0.3 is 6.18 Å². The van der Waals surface area contributed by atoms with Gasteiger partial charge in [-0.3, -0.25) is 4.79 Å². The van der Waals surface area contributed by atoms with E-state index in [2.05, 4.69) is 0 Å². The van der Waals surface area contributed by atoms with Crippen LogP contribution in [0, 0.1) is 0 Å². The van der Waals surface area contributed by atoms with Crippen molar-refractivity contribution in [1.82, 2.24) is 5.32 Å². The highest BCUT2D eigenvalue weighted by Crippen LogP contribution is 2.22. The Kier molecular flexibility index (Phi) is 4.60. The molecule has 1 atom stereocenters. The number of nitrogen functional groups attached to an aromatic ring is 1. The zero-order valence-corrected chi connectivity index (χ0v) is 9.99. The van der Waals surface area contributed by atoms with Gasteiger partial charge in [-0.2, -0.15) is 13.2 Å². The summed E-state index contributed by atoms with van der Waals surface area (Å²) in [7, 11) is 1.30. The van der Waals surface area contributed by atoms with E-state index in [-0.39, 0.29) is 11.3 Å². The first-order chi connectivity index (χ1) is 8.75. The zero-order chi connectivity index (χ0) is 14.6. The van der Waals surface area contributed by atoms with Crippen molar-refractivity contribution in [3.05, 3.63) is 23.8 Å². The first-order valence-electron chi connectivity index (χ1n) is 5.22. The molecule has 8 heteroatoms. The van der Waals surface area contributed by atoms with Crippen molar-refractivity contribution in [2.45, 2.75) is 12.3 Å². The van der Waals surface area contributed by atoms with E-state index < -0.39 is 24.7 Å². The minimum atomic E-state index is -4.78. The van der Waals surface area contributed by atoms with Gasteiger partial charge in [-0.05, 0) is 12.1 Å². The van der Waals surface area contributed by atoms with Gasteiger partial charge in [0.25, 0.3) is 5.91 Å². The van der Waals surface area contributed by atoms with Crippen LogP contribution in [0.15, 0.2) is 18.2 Å². The number of amides is 1. The van der Waals surface area contributed by atoms with Crippen LogP contribution < -0.4 is 15.8 Å². The molecule has 0 aromatic heterocycles. The van der Waals surface area contributed by atoms with E-state index in [1.807, 2.05) is 5.32 Å². The fourth-order valence-corrected chi connectivity index (χ4v) is 1.30. The molecular weight excluding hydrogens is 265 g/mol. The maximum atomic E-state index is 12.1. The standard InChI is InChI=1S/C11H13F3N2O3/c1-19-8-4-6(15)2-3-7(8)10(18)16-5-9(17)11(12,13)14/h2-4,9,17H,5,15H2,1H3,(H,16,18). The molecule has 0 radical (unpaired) electrons. The number of halogens is 3. The maximum Gasteiger partial charge on any atom is 0.416 e. The normalized spacial score (nSPS) is 12.9. The third kappa shape index (κ3) is 4.02. The molecule has 0 bridgehead atoms. The van der Waals surface area contributed by atoms with Gasteiger partial charge in [0.2, 0.25) is 0 Å². The summed E-state index contributed by atoms with van der Waals surface area (Å²) in [5.41, 5.74) is 5.87. The Morgan fingerprint density at radius 2 is 2.16 bits per heavy atom. The summed E-state index contributed by atoms with van der Waals surface area (Å²) in [4.78, 5) is 11.7. The number of rotatable bonds is 4. The number of carbonyl (C=O) groups is 1. The summed E-state index contributed by atoms with van der Waals surface area (Å²) in [5.74, 6) is -0.654. The molecule has 1 amide bonds. The molecule has 0 aliphatic rings. The Labute approximate surface area is 107 Å². The topological polar surface area (TPSA) is 84.6 Å². The van der Waals surface area contributed by atoms with Crippen molar-refractivity contribution in [3.63, 3.8) is 0 Å². The molecule has 0 aliphatic carbocycles. The van der Waals surface area contributed by atoms with Crippen LogP contribution in [0.2, 0.25) is 0 Å². The van der Waals surface area contributed by atoms with Crippen LogP contribution >= 0.6 is 0 Å². The van der Waals surface area contributed by atoms with Crippen molar-refractivity contribution in [2.24, 2.45) is 0 Å². The molecule has 4 N–H and O–H groups in total. The number of carbonyl (C=O) groups excluding carboxylic acids is 1. The van der Waals surface area contributed by atoms with Gasteiger partial charge in [0.1, 0.15) is 5.75 Å². The van der Waals surface area contributed by atoms with Gasteiger partial charge in [-0.25, -0.2) is 0 Å². The first-order valence-corrected chi connectivity index (χ1v) is 5.22. The third-order valence-electron chi connectivity index (χ3n) is 2.30. The molecule has 0 aliphatic heterocycles. The van der Waals surface area contributed by atoms with Crippen molar-refractivity contribution < 1.29 is 27.8 Å². The number of hydrogen-bond donors (Lipinski definition) is 3. The van der Waals surface area contributed by atoms with Gasteiger partial charge in [0.15, 0.2) is 6.10 Å². The predicted octanol–water partition coefficient (Wildman–Crippen LogP) is 0.930. The van der Waals surface area contributed by atoms with Crippen LogP contribution in [0.1, 0.15) is 10.4 Å². The SMILES string of the molecule is COc1cc(N)ccc1C(=O)NCC(O)C(F)(F)F. The summed E-state index contributed by atoms with van der Waals surface area (Å²) < 4.78 is 41.1. The summed E-state index contributed by atoms with van der Waals surface area (Å²) in [6, 6.07) is 4.11. The molecular formula is C11H13F3N2O3. The number of alkyl halides is 3. The van der Waals surface area contributed by atoms with Crippen molar-refractivity contribution in [3.8, 4) is 5.75 Å². The van der Waals surface area contributed by atoms with Crippen molar-refractivity contribution >= 4 is 11.6 Å². The lowest BCUT2D eigenvalue weighted by molar-refractivity contribution is -0.201. The molecule has 1 aromatic rings. The number of aliphatic hydroxyl groups excluding tert-OH is 1. The third-order valence-corrected chi connectivity index (χ3v) is 2.30. The lowest BCUT2D eigenvalue weighted by Gasteiger charge is -2.15. The highest BCUT2D eigenvalue weighted by Gasteiger charge is 2.38. The van der Waals surface area contributed by atoms with Crippen LogP contribution in [-0.4, -0.2) is 36.9 Å². The Morgan fingerprint density at radius 3 is 2.68 bits per heavy atom. The molecule has 0 spiro atoms. The molecule has 5 nitrogen and oxygen atoms in total. The number of benzene rings is 1. The number of methoxy groups -OCH3 is 1. The van der Waals surface area contributed by atoms with Gasteiger partial charge in [-0.1, -0.05) is 0 Å². The Morgan fingerprint density at radius 1 is 1.53 bits per heavy atom. The second-order valence-electron chi connectivity index (χ2n) is 3.73. The van der Waals surface area contributed by atoms with Crippen LogP contribution in [0.3, 0.4) is 0 Å². The van der Waals surface area contributed by atoms with Gasteiger partial charge in [0.05, 0.1) is 19.2 Å².